The Morgan fingerprint density at radius 2 is 1.91 bits per heavy atom. The lowest BCUT2D eigenvalue weighted by Gasteiger charge is -2.32. The van der Waals surface area contributed by atoms with Crippen LogP contribution in [0.15, 0.2) is 41.8 Å². The molecular formula is C21H20ClF3N6O3. The van der Waals surface area contributed by atoms with Crippen molar-refractivity contribution in [1.82, 2.24) is 25.2 Å². The number of halogens is 4. The Morgan fingerprint density at radius 3 is 2.53 bits per heavy atom. The molecule has 2 aliphatic rings. The quantitative estimate of drug-likeness (QED) is 0.701. The second-order valence-electron chi connectivity index (χ2n) is 7.74. The SMILES string of the molecule is C[C@@H](NC(=O)N1C[C@H](N2CCOCC2=O)C(c2ccc(Cl)cc2)=N1)c1cnc(C(F)(F)F)nc1. The van der Waals surface area contributed by atoms with Crippen LogP contribution in [0.25, 0.3) is 0 Å². The lowest BCUT2D eigenvalue weighted by molar-refractivity contribution is -0.145. The van der Waals surface area contributed by atoms with Gasteiger partial charge >= 0.3 is 12.2 Å². The highest BCUT2D eigenvalue weighted by atomic mass is 35.5. The first-order chi connectivity index (χ1) is 16.1. The van der Waals surface area contributed by atoms with Crippen molar-refractivity contribution in [3.63, 3.8) is 0 Å². The Balaban J connectivity index is 1.52. The summed E-state index contributed by atoms with van der Waals surface area (Å²) in [6.45, 7) is 2.36. The Morgan fingerprint density at radius 1 is 1.24 bits per heavy atom. The fraction of sp³-hybridized carbons (Fsp3) is 0.381. The molecule has 1 N–H and O–H groups in total. The maximum Gasteiger partial charge on any atom is 0.451 e. The molecule has 180 valence electrons. The number of alkyl halides is 3. The summed E-state index contributed by atoms with van der Waals surface area (Å²) < 4.78 is 43.3. The van der Waals surface area contributed by atoms with Crippen LogP contribution in [0.4, 0.5) is 18.0 Å². The van der Waals surface area contributed by atoms with Crippen LogP contribution < -0.4 is 5.32 Å². The average molecular weight is 497 g/mol. The van der Waals surface area contributed by atoms with Crippen molar-refractivity contribution < 1.29 is 27.5 Å². The molecule has 0 radical (unpaired) electrons. The summed E-state index contributed by atoms with van der Waals surface area (Å²) in [6, 6.07) is 5.12. The fourth-order valence-corrected chi connectivity index (χ4v) is 3.77. The summed E-state index contributed by atoms with van der Waals surface area (Å²) in [7, 11) is 0. The lowest BCUT2D eigenvalue weighted by atomic mass is 10.0. The fourth-order valence-electron chi connectivity index (χ4n) is 3.64. The maximum absolute atomic E-state index is 12.9. The number of urea groups is 1. The van der Waals surface area contributed by atoms with E-state index in [0.717, 1.165) is 12.4 Å². The zero-order chi connectivity index (χ0) is 24.5. The summed E-state index contributed by atoms with van der Waals surface area (Å²) >= 11 is 5.99. The van der Waals surface area contributed by atoms with Gasteiger partial charge in [0.15, 0.2) is 0 Å². The molecule has 1 aromatic carbocycles. The zero-order valence-electron chi connectivity index (χ0n) is 17.9. The van der Waals surface area contributed by atoms with Crippen molar-refractivity contribution in [2.75, 3.05) is 26.3 Å². The number of benzene rings is 1. The van der Waals surface area contributed by atoms with Gasteiger partial charge in [0.1, 0.15) is 6.61 Å². The van der Waals surface area contributed by atoms with Gasteiger partial charge < -0.3 is 15.0 Å². The third-order valence-corrected chi connectivity index (χ3v) is 5.68. The predicted octanol–water partition coefficient (Wildman–Crippen LogP) is 2.87. The number of morpholine rings is 1. The summed E-state index contributed by atoms with van der Waals surface area (Å²) in [6.07, 6.45) is -2.62. The Kier molecular flexibility index (Phi) is 6.71. The van der Waals surface area contributed by atoms with Gasteiger partial charge in [-0.1, -0.05) is 23.7 Å². The minimum absolute atomic E-state index is 0.0540. The number of carbonyl (C=O) groups is 2. The zero-order valence-corrected chi connectivity index (χ0v) is 18.7. The van der Waals surface area contributed by atoms with E-state index in [1.165, 1.54) is 5.01 Å². The van der Waals surface area contributed by atoms with E-state index in [-0.39, 0.29) is 19.1 Å². The van der Waals surface area contributed by atoms with Crippen LogP contribution in [0, 0.1) is 0 Å². The molecule has 2 aromatic rings. The number of ether oxygens (including phenoxy) is 1. The lowest BCUT2D eigenvalue weighted by Crippen LogP contribution is -2.52. The smallest absolute Gasteiger partial charge is 0.370 e. The number of nitrogens with zero attached hydrogens (tertiary/aromatic N) is 5. The number of hydrogen-bond donors (Lipinski definition) is 1. The third-order valence-electron chi connectivity index (χ3n) is 5.43. The van der Waals surface area contributed by atoms with E-state index in [9.17, 15) is 22.8 Å². The van der Waals surface area contributed by atoms with Crippen LogP contribution in [0.3, 0.4) is 0 Å². The van der Waals surface area contributed by atoms with E-state index in [2.05, 4.69) is 20.4 Å². The third kappa shape index (κ3) is 5.12. The number of nitrogens with one attached hydrogen (secondary N) is 1. The second-order valence-corrected chi connectivity index (χ2v) is 8.18. The molecular weight excluding hydrogens is 477 g/mol. The van der Waals surface area contributed by atoms with E-state index in [0.29, 0.717) is 35.0 Å². The predicted molar refractivity (Wildman–Crippen MR) is 115 cm³/mol. The molecule has 9 nitrogen and oxygen atoms in total. The van der Waals surface area contributed by atoms with Crippen molar-refractivity contribution in [3.8, 4) is 0 Å². The summed E-state index contributed by atoms with van der Waals surface area (Å²) in [5.74, 6) is -1.47. The van der Waals surface area contributed by atoms with Gasteiger partial charge in [-0.25, -0.2) is 19.8 Å². The molecule has 34 heavy (non-hydrogen) atoms. The Labute approximate surface area is 197 Å². The molecule has 0 unspecified atom stereocenters. The normalized spacial score (nSPS) is 19.7. The number of aromatic nitrogens is 2. The molecule has 1 aromatic heterocycles. The first-order valence-electron chi connectivity index (χ1n) is 10.3. The molecule has 13 heteroatoms. The van der Waals surface area contributed by atoms with E-state index < -0.39 is 30.1 Å². The molecule has 0 bridgehead atoms. The van der Waals surface area contributed by atoms with Gasteiger partial charge in [0, 0.05) is 35.1 Å². The van der Waals surface area contributed by atoms with Gasteiger partial charge in [-0.2, -0.15) is 18.3 Å². The number of carbonyl (C=O) groups excluding carboxylic acids is 2. The summed E-state index contributed by atoms with van der Waals surface area (Å²) in [5.41, 5.74) is 1.52. The van der Waals surface area contributed by atoms with Gasteiger partial charge in [-0.05, 0) is 19.1 Å². The number of rotatable bonds is 4. The first kappa shape index (κ1) is 23.9. The Hall–Kier alpha value is -3.25. The topological polar surface area (TPSA) is 100 Å². The number of amides is 3. The van der Waals surface area contributed by atoms with Crippen molar-refractivity contribution in [3.05, 3.63) is 58.6 Å². The van der Waals surface area contributed by atoms with Crippen LogP contribution >= 0.6 is 11.6 Å². The second kappa shape index (κ2) is 9.55. The van der Waals surface area contributed by atoms with Gasteiger partial charge in [-0.15, -0.1) is 0 Å². The molecule has 0 saturated carbocycles. The molecule has 1 saturated heterocycles. The summed E-state index contributed by atoms with van der Waals surface area (Å²) in [4.78, 5) is 33.7. The van der Waals surface area contributed by atoms with Crippen molar-refractivity contribution in [2.45, 2.75) is 25.2 Å². The highest BCUT2D eigenvalue weighted by Crippen LogP contribution is 2.26. The van der Waals surface area contributed by atoms with E-state index in [1.54, 1.807) is 36.1 Å². The van der Waals surface area contributed by atoms with Crippen LogP contribution in [-0.4, -0.2) is 69.9 Å². The minimum atomic E-state index is -4.65. The number of hydrazone groups is 1. The van der Waals surface area contributed by atoms with Crippen LogP contribution in [0.1, 0.15) is 29.9 Å². The van der Waals surface area contributed by atoms with Crippen molar-refractivity contribution in [2.24, 2.45) is 5.10 Å². The van der Waals surface area contributed by atoms with Crippen LogP contribution in [0.2, 0.25) is 5.02 Å². The van der Waals surface area contributed by atoms with Crippen molar-refractivity contribution in [1.29, 1.82) is 0 Å². The molecule has 4 rings (SSSR count). The molecule has 3 amide bonds. The van der Waals surface area contributed by atoms with Gasteiger partial charge in [0.05, 0.1) is 30.9 Å². The van der Waals surface area contributed by atoms with Gasteiger partial charge in [-0.3, -0.25) is 4.79 Å². The highest BCUT2D eigenvalue weighted by molar-refractivity contribution is 6.30. The maximum atomic E-state index is 12.9. The van der Waals surface area contributed by atoms with E-state index >= 15 is 0 Å². The standard InChI is InChI=1S/C21H20ClF3N6O3/c1-12(14-8-26-19(27-9-14)21(23,24)25)28-20(33)31-10-16(30-6-7-34-11-17(30)32)18(29-31)13-2-4-15(22)5-3-13/h2-5,8-9,12,16H,6-7,10-11H2,1H3,(H,28,33)/t12-,16+/m1/s1. The number of hydrogen-bond acceptors (Lipinski definition) is 6. The largest absolute Gasteiger partial charge is 0.451 e. The average Bonchev–Trinajstić information content (AvgIpc) is 3.25. The van der Waals surface area contributed by atoms with Crippen LogP contribution in [0.5, 0.6) is 0 Å². The van der Waals surface area contributed by atoms with Crippen molar-refractivity contribution >= 4 is 29.3 Å². The summed E-state index contributed by atoms with van der Waals surface area (Å²) in [5, 5.41) is 8.86. The van der Waals surface area contributed by atoms with Gasteiger partial charge in [0.2, 0.25) is 11.7 Å². The molecule has 2 atom stereocenters. The Bertz CT molecular complexity index is 1090. The first-order valence-corrected chi connectivity index (χ1v) is 10.7. The van der Waals surface area contributed by atoms with E-state index in [4.69, 9.17) is 16.3 Å². The molecule has 2 aliphatic heterocycles. The molecule has 1 fully saturated rings. The highest BCUT2D eigenvalue weighted by Gasteiger charge is 2.39. The van der Waals surface area contributed by atoms with E-state index in [1.807, 2.05) is 0 Å². The molecule has 3 heterocycles. The minimum Gasteiger partial charge on any atom is -0.370 e. The van der Waals surface area contributed by atoms with Gasteiger partial charge in [0.25, 0.3) is 0 Å². The van der Waals surface area contributed by atoms with Crippen LogP contribution in [-0.2, 0) is 15.7 Å². The molecule has 0 spiro atoms. The molecule has 0 aliphatic carbocycles. The monoisotopic (exact) mass is 496 g/mol.